The number of carbonyl (C=O) groups is 1. The van der Waals surface area contributed by atoms with E-state index in [1.54, 1.807) is 14.2 Å². The van der Waals surface area contributed by atoms with Gasteiger partial charge in [0.15, 0.2) is 5.76 Å². The molecule has 0 unspecified atom stereocenters. The molecule has 1 aliphatic rings. The summed E-state index contributed by atoms with van der Waals surface area (Å²) in [4.78, 5) is 10.7. The first-order valence-electron chi connectivity index (χ1n) is 4.46. The average Bonchev–Trinajstić information content (AvgIpc) is 2.16. The van der Waals surface area contributed by atoms with Gasteiger partial charge >= 0.3 is 0 Å². The quantitative estimate of drug-likeness (QED) is 0.733. The Balaban J connectivity index is 2.79. The van der Waals surface area contributed by atoms with Gasteiger partial charge in [-0.25, -0.2) is 0 Å². The number of amides is 1. The van der Waals surface area contributed by atoms with Gasteiger partial charge in [0.25, 0.3) is 0 Å². The van der Waals surface area contributed by atoms with Crippen LogP contribution in [0.15, 0.2) is 23.2 Å². The molecule has 0 aromatic heterocycles. The molecule has 4 heteroatoms. The lowest BCUT2D eigenvalue weighted by molar-refractivity contribution is -0.117. The molecule has 2 N–H and O–H groups in total. The molecule has 0 fully saturated rings. The molecule has 0 bridgehead atoms. The highest BCUT2D eigenvalue weighted by Gasteiger charge is 2.15. The number of primary amides is 1. The Bertz CT molecular complexity index is 292. The summed E-state index contributed by atoms with van der Waals surface area (Å²) in [6.45, 7) is 0. The van der Waals surface area contributed by atoms with Crippen molar-refractivity contribution in [2.75, 3.05) is 14.2 Å². The Kier molecular flexibility index (Phi) is 3.56. The van der Waals surface area contributed by atoms with Crippen molar-refractivity contribution in [2.45, 2.75) is 19.3 Å². The molecule has 0 saturated heterocycles. The number of carbonyl (C=O) groups excluding carboxylic acids is 1. The topological polar surface area (TPSA) is 61.6 Å². The minimum absolute atomic E-state index is 0.295. The summed E-state index contributed by atoms with van der Waals surface area (Å²) >= 11 is 0. The van der Waals surface area contributed by atoms with Gasteiger partial charge in [-0.2, -0.15) is 0 Å². The van der Waals surface area contributed by atoms with Crippen molar-refractivity contribution in [3.05, 3.63) is 23.2 Å². The lowest BCUT2D eigenvalue weighted by Crippen LogP contribution is -2.13. The number of methoxy groups -OCH3 is 2. The van der Waals surface area contributed by atoms with Gasteiger partial charge in [-0.05, 0) is 12.5 Å². The predicted molar refractivity (Wildman–Crippen MR) is 52.2 cm³/mol. The summed E-state index contributed by atoms with van der Waals surface area (Å²) in [6.07, 6.45) is 3.69. The van der Waals surface area contributed by atoms with E-state index in [0.717, 1.165) is 24.2 Å². The highest BCUT2D eigenvalue weighted by atomic mass is 16.5. The van der Waals surface area contributed by atoms with Crippen LogP contribution in [0.5, 0.6) is 0 Å². The molecule has 1 rings (SSSR count). The molecule has 1 aliphatic carbocycles. The van der Waals surface area contributed by atoms with Crippen molar-refractivity contribution in [1.82, 2.24) is 0 Å². The second kappa shape index (κ2) is 4.69. The lowest BCUT2D eigenvalue weighted by Gasteiger charge is -2.17. The van der Waals surface area contributed by atoms with Crippen LogP contribution in [-0.2, 0) is 14.3 Å². The maximum Gasteiger partial charge on any atom is 0.221 e. The monoisotopic (exact) mass is 197 g/mol. The number of hydrogen-bond acceptors (Lipinski definition) is 3. The third-order valence-corrected chi connectivity index (χ3v) is 2.15. The molecular weight excluding hydrogens is 182 g/mol. The molecule has 0 heterocycles. The third kappa shape index (κ3) is 2.52. The number of rotatable bonds is 4. The van der Waals surface area contributed by atoms with Crippen molar-refractivity contribution in [1.29, 1.82) is 0 Å². The number of hydrogen-bond donors (Lipinski definition) is 1. The Morgan fingerprint density at radius 1 is 1.43 bits per heavy atom. The van der Waals surface area contributed by atoms with Crippen LogP contribution >= 0.6 is 0 Å². The van der Waals surface area contributed by atoms with E-state index in [2.05, 4.69) is 0 Å². The molecule has 78 valence electrons. The fourth-order valence-corrected chi connectivity index (χ4v) is 1.47. The van der Waals surface area contributed by atoms with Gasteiger partial charge in [0.2, 0.25) is 5.91 Å². The summed E-state index contributed by atoms with van der Waals surface area (Å²) in [5.74, 6) is 1.20. The van der Waals surface area contributed by atoms with Gasteiger partial charge in [-0.15, -0.1) is 0 Å². The van der Waals surface area contributed by atoms with E-state index in [0.29, 0.717) is 12.2 Å². The molecular formula is C10H15NO3. The molecule has 0 atom stereocenters. The number of allylic oxidation sites excluding steroid dienone is 2. The summed E-state index contributed by atoms with van der Waals surface area (Å²) in [5.41, 5.74) is 6.10. The Morgan fingerprint density at radius 2 is 2.14 bits per heavy atom. The Morgan fingerprint density at radius 3 is 2.64 bits per heavy atom. The second-order valence-corrected chi connectivity index (χ2v) is 3.14. The zero-order valence-electron chi connectivity index (χ0n) is 8.50. The molecule has 0 aromatic carbocycles. The lowest BCUT2D eigenvalue weighted by atomic mass is 9.99. The van der Waals surface area contributed by atoms with Gasteiger partial charge in [0.05, 0.1) is 14.2 Å². The first kappa shape index (κ1) is 10.6. The number of ether oxygens (including phenoxy) is 2. The van der Waals surface area contributed by atoms with Gasteiger partial charge < -0.3 is 15.2 Å². The van der Waals surface area contributed by atoms with Crippen LogP contribution in [0.2, 0.25) is 0 Å². The highest BCUT2D eigenvalue weighted by molar-refractivity contribution is 5.76. The molecule has 1 amide bonds. The second-order valence-electron chi connectivity index (χ2n) is 3.14. The largest absolute Gasteiger partial charge is 0.497 e. The van der Waals surface area contributed by atoms with Crippen molar-refractivity contribution < 1.29 is 14.3 Å². The molecule has 0 spiro atoms. The van der Waals surface area contributed by atoms with Crippen molar-refractivity contribution in [2.24, 2.45) is 5.73 Å². The average molecular weight is 197 g/mol. The molecule has 4 nitrogen and oxygen atoms in total. The molecule has 0 aromatic rings. The minimum atomic E-state index is -0.312. The minimum Gasteiger partial charge on any atom is -0.497 e. The van der Waals surface area contributed by atoms with Crippen LogP contribution in [0.25, 0.3) is 0 Å². The summed E-state index contributed by atoms with van der Waals surface area (Å²) in [7, 11) is 3.19. The van der Waals surface area contributed by atoms with E-state index in [1.165, 1.54) is 0 Å². The van der Waals surface area contributed by atoms with E-state index in [1.807, 2.05) is 6.08 Å². The smallest absolute Gasteiger partial charge is 0.221 e. The molecule has 14 heavy (non-hydrogen) atoms. The zero-order valence-corrected chi connectivity index (χ0v) is 8.50. The molecule has 0 radical (unpaired) electrons. The predicted octanol–water partition coefficient (Wildman–Crippen LogP) is 1.09. The van der Waals surface area contributed by atoms with Crippen LogP contribution in [0.4, 0.5) is 0 Å². The van der Waals surface area contributed by atoms with Gasteiger partial charge in [0.1, 0.15) is 5.76 Å². The van der Waals surface area contributed by atoms with E-state index < -0.39 is 0 Å². The summed E-state index contributed by atoms with van der Waals surface area (Å²) < 4.78 is 10.3. The van der Waals surface area contributed by atoms with Crippen LogP contribution < -0.4 is 5.73 Å². The van der Waals surface area contributed by atoms with Crippen LogP contribution in [0.3, 0.4) is 0 Å². The van der Waals surface area contributed by atoms with Crippen LogP contribution in [0, 0.1) is 0 Å². The van der Waals surface area contributed by atoms with Gasteiger partial charge in [0, 0.05) is 12.8 Å². The van der Waals surface area contributed by atoms with Crippen LogP contribution in [0.1, 0.15) is 19.3 Å². The van der Waals surface area contributed by atoms with E-state index in [-0.39, 0.29) is 5.91 Å². The van der Waals surface area contributed by atoms with Crippen molar-refractivity contribution >= 4 is 5.91 Å². The third-order valence-electron chi connectivity index (χ3n) is 2.15. The van der Waals surface area contributed by atoms with Crippen molar-refractivity contribution in [3.63, 3.8) is 0 Å². The van der Waals surface area contributed by atoms with E-state index in [4.69, 9.17) is 15.2 Å². The molecule has 0 saturated carbocycles. The highest BCUT2D eigenvalue weighted by Crippen LogP contribution is 2.26. The van der Waals surface area contributed by atoms with E-state index in [9.17, 15) is 4.79 Å². The van der Waals surface area contributed by atoms with Gasteiger partial charge in [-0.3, -0.25) is 4.79 Å². The normalized spacial score (nSPS) is 16.3. The Labute approximate surface area is 83.4 Å². The Hall–Kier alpha value is -1.45. The maximum atomic E-state index is 10.7. The zero-order chi connectivity index (χ0) is 10.6. The number of nitrogens with two attached hydrogens (primary N) is 1. The van der Waals surface area contributed by atoms with Crippen molar-refractivity contribution in [3.8, 4) is 0 Å². The summed E-state index contributed by atoms with van der Waals surface area (Å²) in [6, 6.07) is 0. The maximum absolute atomic E-state index is 10.7. The fraction of sp³-hybridized carbons (Fsp3) is 0.500. The molecule has 0 aliphatic heterocycles. The summed E-state index contributed by atoms with van der Waals surface area (Å²) in [5, 5.41) is 0. The SMILES string of the molecule is COC1=C(OC)CCC(CC(N)=O)=C1. The first-order valence-corrected chi connectivity index (χ1v) is 4.46. The first-order chi connectivity index (χ1) is 6.67. The van der Waals surface area contributed by atoms with E-state index >= 15 is 0 Å². The fourth-order valence-electron chi connectivity index (χ4n) is 1.47. The van der Waals surface area contributed by atoms with Crippen LogP contribution in [-0.4, -0.2) is 20.1 Å². The van der Waals surface area contributed by atoms with Gasteiger partial charge in [-0.1, -0.05) is 5.57 Å². The standard InChI is InChI=1S/C10H15NO3/c1-13-8-4-3-7(6-10(11)12)5-9(8)14-2/h5H,3-4,6H2,1-2H3,(H2,11,12).